The van der Waals surface area contributed by atoms with Gasteiger partial charge in [0.2, 0.25) is 0 Å². The van der Waals surface area contributed by atoms with Crippen molar-refractivity contribution in [3.63, 3.8) is 0 Å². The van der Waals surface area contributed by atoms with Gasteiger partial charge < -0.3 is 9.30 Å². The van der Waals surface area contributed by atoms with Gasteiger partial charge in [-0.3, -0.25) is 0 Å². The molecule has 1 unspecified atom stereocenters. The van der Waals surface area contributed by atoms with Crippen LogP contribution >= 0.6 is 11.6 Å². The molecular weight excluding hydrogens is 274 g/mol. The molecule has 104 valence electrons. The number of aromatic nitrogens is 2. The normalized spacial score (nSPS) is 13.1. The van der Waals surface area contributed by atoms with Gasteiger partial charge in [-0.15, -0.1) is 11.6 Å². The molecular formula is C13H15ClF2N2O. The Kier molecular flexibility index (Phi) is 4.37. The Morgan fingerprint density at radius 1 is 1.42 bits per heavy atom. The summed E-state index contributed by atoms with van der Waals surface area (Å²) < 4.78 is 34.0. The van der Waals surface area contributed by atoms with Crippen molar-refractivity contribution in [2.75, 3.05) is 13.7 Å². The largest absolute Gasteiger partial charge is 0.384 e. The van der Waals surface area contributed by atoms with E-state index in [4.69, 9.17) is 16.3 Å². The molecule has 0 N–H and O–H groups in total. The van der Waals surface area contributed by atoms with E-state index in [0.717, 1.165) is 6.07 Å². The van der Waals surface area contributed by atoms with E-state index < -0.39 is 11.6 Å². The van der Waals surface area contributed by atoms with Gasteiger partial charge >= 0.3 is 0 Å². The Hall–Kier alpha value is -1.20. The highest BCUT2D eigenvalue weighted by Gasteiger charge is 2.18. The van der Waals surface area contributed by atoms with Gasteiger partial charge in [0, 0.05) is 13.7 Å². The summed E-state index contributed by atoms with van der Waals surface area (Å²) >= 11 is 5.83. The molecule has 0 aliphatic rings. The molecule has 2 aromatic rings. The third kappa shape index (κ3) is 2.72. The molecule has 0 bridgehead atoms. The van der Waals surface area contributed by atoms with Gasteiger partial charge in [0.25, 0.3) is 0 Å². The number of benzene rings is 1. The van der Waals surface area contributed by atoms with Crippen LogP contribution in [0.4, 0.5) is 8.78 Å². The molecule has 1 aromatic carbocycles. The molecule has 1 aromatic heterocycles. The van der Waals surface area contributed by atoms with Gasteiger partial charge in [-0.25, -0.2) is 13.8 Å². The molecule has 0 aliphatic heterocycles. The molecule has 3 nitrogen and oxygen atoms in total. The van der Waals surface area contributed by atoms with Crippen molar-refractivity contribution in [3.05, 3.63) is 29.6 Å². The van der Waals surface area contributed by atoms with Gasteiger partial charge in [-0.05, 0) is 18.1 Å². The van der Waals surface area contributed by atoms with Crippen molar-refractivity contribution >= 4 is 22.6 Å². The molecule has 0 radical (unpaired) electrons. The highest BCUT2D eigenvalue weighted by atomic mass is 35.5. The number of hydrogen-bond donors (Lipinski definition) is 0. The summed E-state index contributed by atoms with van der Waals surface area (Å²) in [4.78, 5) is 4.23. The fraction of sp³-hybridized carbons (Fsp3) is 0.462. The van der Waals surface area contributed by atoms with E-state index in [-0.39, 0.29) is 17.3 Å². The monoisotopic (exact) mass is 288 g/mol. The number of hydrogen-bond acceptors (Lipinski definition) is 2. The zero-order chi connectivity index (χ0) is 14.0. The van der Waals surface area contributed by atoms with Crippen LogP contribution in [0.1, 0.15) is 12.7 Å². The highest BCUT2D eigenvalue weighted by Crippen LogP contribution is 2.24. The third-order valence-electron chi connectivity index (χ3n) is 2.94. The van der Waals surface area contributed by atoms with Crippen LogP contribution in [-0.4, -0.2) is 23.3 Å². The summed E-state index contributed by atoms with van der Waals surface area (Å²) in [6.07, 6.45) is 0. The highest BCUT2D eigenvalue weighted by molar-refractivity contribution is 6.16. The lowest BCUT2D eigenvalue weighted by Gasteiger charge is -2.14. The molecule has 1 heterocycles. The van der Waals surface area contributed by atoms with E-state index in [0.29, 0.717) is 24.5 Å². The second kappa shape index (κ2) is 5.84. The Bertz CT molecular complexity index is 586. The molecule has 19 heavy (non-hydrogen) atoms. The summed E-state index contributed by atoms with van der Waals surface area (Å²) in [7, 11) is 1.60. The van der Waals surface area contributed by atoms with Crippen molar-refractivity contribution in [2.45, 2.75) is 19.3 Å². The van der Waals surface area contributed by atoms with Crippen molar-refractivity contribution in [2.24, 2.45) is 5.92 Å². The van der Waals surface area contributed by atoms with Crippen LogP contribution in [0.15, 0.2) is 12.1 Å². The Balaban J connectivity index is 2.52. The predicted molar refractivity (Wildman–Crippen MR) is 70.2 cm³/mol. The van der Waals surface area contributed by atoms with Gasteiger partial charge in [-0.1, -0.05) is 6.92 Å². The number of rotatable bonds is 5. The summed E-state index contributed by atoms with van der Waals surface area (Å²) in [6, 6.07) is 2.53. The van der Waals surface area contributed by atoms with Gasteiger partial charge in [0.05, 0.1) is 18.0 Å². The van der Waals surface area contributed by atoms with Crippen LogP contribution < -0.4 is 0 Å². The maximum absolute atomic E-state index is 13.9. The quantitative estimate of drug-likeness (QED) is 0.789. The Morgan fingerprint density at radius 3 is 2.79 bits per heavy atom. The molecule has 0 amide bonds. The molecule has 1 atom stereocenters. The number of alkyl halides is 1. The van der Waals surface area contributed by atoms with E-state index in [1.807, 2.05) is 6.92 Å². The zero-order valence-electron chi connectivity index (χ0n) is 10.8. The van der Waals surface area contributed by atoms with E-state index in [1.165, 1.54) is 6.07 Å². The first kappa shape index (κ1) is 14.2. The minimum atomic E-state index is -0.883. The van der Waals surface area contributed by atoms with E-state index in [2.05, 4.69) is 4.98 Å². The van der Waals surface area contributed by atoms with Crippen LogP contribution in [0.5, 0.6) is 0 Å². The molecule has 0 aliphatic carbocycles. The van der Waals surface area contributed by atoms with Crippen LogP contribution in [-0.2, 0) is 17.2 Å². The maximum atomic E-state index is 13.9. The Labute approximate surface area is 115 Å². The summed E-state index contributed by atoms with van der Waals surface area (Å²) in [5, 5.41) is 0. The molecule has 6 heteroatoms. The number of fused-ring (bicyclic) bond motifs is 1. The maximum Gasteiger partial charge on any atom is 0.184 e. The van der Waals surface area contributed by atoms with E-state index in [9.17, 15) is 8.78 Å². The molecule has 0 saturated heterocycles. The average molecular weight is 289 g/mol. The van der Waals surface area contributed by atoms with Crippen molar-refractivity contribution in [1.29, 1.82) is 0 Å². The fourth-order valence-corrected chi connectivity index (χ4v) is 2.36. The van der Waals surface area contributed by atoms with Crippen molar-refractivity contribution in [1.82, 2.24) is 9.55 Å². The minimum Gasteiger partial charge on any atom is -0.384 e. The third-order valence-corrected chi connectivity index (χ3v) is 3.18. The first-order chi connectivity index (χ1) is 9.08. The van der Waals surface area contributed by atoms with Crippen LogP contribution in [0.2, 0.25) is 0 Å². The number of imidazole rings is 1. The second-order valence-corrected chi connectivity index (χ2v) is 4.83. The van der Waals surface area contributed by atoms with Gasteiger partial charge in [0.1, 0.15) is 11.3 Å². The van der Waals surface area contributed by atoms with Crippen molar-refractivity contribution < 1.29 is 13.5 Å². The number of ether oxygens (including phenoxy) is 1. The Morgan fingerprint density at radius 2 is 2.16 bits per heavy atom. The topological polar surface area (TPSA) is 27.1 Å². The second-order valence-electron chi connectivity index (χ2n) is 4.56. The first-order valence-corrected chi connectivity index (χ1v) is 6.50. The SMILES string of the molecule is COCC(C)Cn1c(CCl)nc2ccc(F)c(F)c21. The lowest BCUT2D eigenvalue weighted by atomic mass is 10.2. The predicted octanol–water partition coefficient (Wildman–Crippen LogP) is 3.34. The van der Waals surface area contributed by atoms with E-state index >= 15 is 0 Å². The number of halogens is 3. The fourth-order valence-electron chi connectivity index (χ4n) is 2.15. The zero-order valence-corrected chi connectivity index (χ0v) is 11.5. The average Bonchev–Trinajstić information content (AvgIpc) is 2.73. The van der Waals surface area contributed by atoms with E-state index in [1.54, 1.807) is 11.7 Å². The summed E-state index contributed by atoms with van der Waals surface area (Å²) in [5.74, 6) is -0.939. The smallest absolute Gasteiger partial charge is 0.184 e. The van der Waals surface area contributed by atoms with Crippen LogP contribution in [0.25, 0.3) is 11.0 Å². The van der Waals surface area contributed by atoms with Crippen molar-refractivity contribution in [3.8, 4) is 0 Å². The molecule has 2 rings (SSSR count). The number of nitrogens with zero attached hydrogens (tertiary/aromatic N) is 2. The van der Waals surface area contributed by atoms with Gasteiger partial charge in [0.15, 0.2) is 11.6 Å². The number of methoxy groups -OCH3 is 1. The van der Waals surface area contributed by atoms with Crippen LogP contribution in [0, 0.1) is 17.6 Å². The summed E-state index contributed by atoms with van der Waals surface area (Å²) in [5.41, 5.74) is 0.581. The standard InChI is InChI=1S/C13H15ClF2N2O/c1-8(7-19-2)6-18-11(5-14)17-10-4-3-9(15)12(16)13(10)18/h3-4,8H,5-7H2,1-2H3. The van der Waals surface area contributed by atoms with Gasteiger partial charge in [-0.2, -0.15) is 0 Å². The minimum absolute atomic E-state index is 0.145. The molecule has 0 saturated carbocycles. The lowest BCUT2D eigenvalue weighted by Crippen LogP contribution is -2.15. The molecule has 0 fully saturated rings. The molecule has 0 spiro atoms. The first-order valence-electron chi connectivity index (χ1n) is 5.96. The van der Waals surface area contributed by atoms with Crippen LogP contribution in [0.3, 0.4) is 0 Å². The lowest BCUT2D eigenvalue weighted by molar-refractivity contribution is 0.151. The summed E-state index contributed by atoms with van der Waals surface area (Å²) in [6.45, 7) is 2.97.